The van der Waals surface area contributed by atoms with Crippen molar-refractivity contribution < 1.29 is 19.1 Å². The molecule has 1 aliphatic carbocycles. The molecule has 0 fully saturated rings. The van der Waals surface area contributed by atoms with Crippen LogP contribution in [0.1, 0.15) is 53.5 Å². The van der Waals surface area contributed by atoms with Gasteiger partial charge in [0.05, 0.1) is 16.7 Å². The Labute approximate surface area is 292 Å². The third-order valence-electron chi connectivity index (χ3n) is 9.32. The van der Waals surface area contributed by atoms with E-state index in [9.17, 15) is 14.4 Å². The number of alkyl carbamates (subject to hydrolysis) is 1. The number of ether oxygens (including phenoxy) is 1. The Kier molecular flexibility index (Phi) is 10.6. The van der Waals surface area contributed by atoms with E-state index in [0.717, 1.165) is 38.9 Å². The lowest BCUT2D eigenvalue weighted by Gasteiger charge is -2.36. The lowest BCUT2D eigenvalue weighted by molar-refractivity contribution is -0.127. The molecule has 5 aromatic rings. The first-order chi connectivity index (χ1) is 23.9. The number of ketones is 1. The quantitative estimate of drug-likeness (QED) is 0.117. The maximum atomic E-state index is 13.7. The summed E-state index contributed by atoms with van der Waals surface area (Å²) in [6.07, 6.45) is -0.411. The molecule has 248 valence electrons. The Hall–Kier alpha value is -5.14. The summed E-state index contributed by atoms with van der Waals surface area (Å²) in [5.41, 5.74) is 13.6. The Morgan fingerprint density at radius 2 is 1.16 bits per heavy atom. The molecule has 0 saturated heterocycles. The van der Waals surface area contributed by atoms with Crippen LogP contribution >= 0.6 is 11.8 Å². The number of hydrogen-bond donors (Lipinski definition) is 2. The standard InChI is InChI=1S/C42H40N2O4S/c1-2-38(44-41(47)48-27-37-35-24-14-12-22-33(35)34-23-13-15-25-36(34)37)39(45)26-29(40(43)46)28-49-42(30-16-6-3-7-17-30,31-18-8-4-9-19-31)32-20-10-5-11-21-32/h3-25,29,37-38H,2,26-28H2,1H3,(H2,43,46)(H,44,47)/t29-,38-/m1/s1. The molecule has 7 heteroatoms. The highest BCUT2D eigenvalue weighted by atomic mass is 32.2. The Morgan fingerprint density at radius 3 is 1.61 bits per heavy atom. The molecule has 0 spiro atoms. The Morgan fingerprint density at radius 1 is 0.714 bits per heavy atom. The molecule has 0 aliphatic heterocycles. The summed E-state index contributed by atoms with van der Waals surface area (Å²) in [4.78, 5) is 39.6. The van der Waals surface area contributed by atoms with Crippen molar-refractivity contribution in [3.63, 3.8) is 0 Å². The minimum atomic E-state index is -0.815. The first-order valence-corrected chi connectivity index (χ1v) is 17.6. The molecule has 2 amide bonds. The number of carbonyl (C=O) groups is 3. The van der Waals surface area contributed by atoms with Crippen molar-refractivity contribution in [2.75, 3.05) is 12.4 Å². The number of rotatable bonds is 14. The van der Waals surface area contributed by atoms with Gasteiger partial charge in [0.25, 0.3) is 0 Å². The van der Waals surface area contributed by atoms with Crippen LogP contribution in [0, 0.1) is 5.92 Å². The van der Waals surface area contributed by atoms with E-state index in [1.807, 2.05) is 85.8 Å². The second kappa shape index (κ2) is 15.4. The zero-order valence-corrected chi connectivity index (χ0v) is 28.3. The number of benzene rings is 5. The predicted octanol–water partition coefficient (Wildman–Crippen LogP) is 8.09. The number of hydrogen-bond acceptors (Lipinski definition) is 5. The monoisotopic (exact) mass is 668 g/mol. The van der Waals surface area contributed by atoms with Gasteiger partial charge >= 0.3 is 6.09 Å². The van der Waals surface area contributed by atoms with Gasteiger partial charge in [-0.2, -0.15) is 0 Å². The van der Waals surface area contributed by atoms with Crippen molar-refractivity contribution in [3.8, 4) is 11.1 Å². The molecule has 0 saturated carbocycles. The van der Waals surface area contributed by atoms with Crippen LogP contribution < -0.4 is 11.1 Å². The number of primary amides is 1. The number of carbonyl (C=O) groups excluding carboxylic acids is 3. The van der Waals surface area contributed by atoms with Crippen LogP contribution in [0.2, 0.25) is 0 Å². The fourth-order valence-corrected chi connectivity index (χ4v) is 8.46. The van der Waals surface area contributed by atoms with Gasteiger partial charge in [0.15, 0.2) is 5.78 Å². The first-order valence-electron chi connectivity index (χ1n) is 16.7. The van der Waals surface area contributed by atoms with Crippen LogP contribution in [0.3, 0.4) is 0 Å². The maximum absolute atomic E-state index is 13.7. The lowest BCUT2D eigenvalue weighted by atomic mass is 9.84. The number of Topliss-reactive ketones (excluding diaryl/α,β-unsaturated/α-hetero) is 1. The molecular weight excluding hydrogens is 629 g/mol. The molecular formula is C42H40N2O4S. The normalized spacial score (nSPS) is 13.5. The van der Waals surface area contributed by atoms with Crippen LogP contribution in [0.15, 0.2) is 140 Å². The van der Waals surface area contributed by atoms with E-state index in [0.29, 0.717) is 12.2 Å². The van der Waals surface area contributed by atoms with Crippen molar-refractivity contribution in [3.05, 3.63) is 167 Å². The first kappa shape index (κ1) is 33.7. The Balaban J connectivity index is 1.16. The minimum Gasteiger partial charge on any atom is -0.449 e. The Bertz CT molecular complexity index is 1760. The number of nitrogens with two attached hydrogens (primary N) is 1. The van der Waals surface area contributed by atoms with Crippen LogP contribution in [0.5, 0.6) is 0 Å². The molecule has 2 atom stereocenters. The maximum Gasteiger partial charge on any atom is 0.407 e. The summed E-state index contributed by atoms with van der Waals surface area (Å²) in [6.45, 7) is 1.97. The van der Waals surface area contributed by atoms with E-state index >= 15 is 0 Å². The second-order valence-electron chi connectivity index (χ2n) is 12.3. The van der Waals surface area contributed by atoms with E-state index in [4.69, 9.17) is 10.5 Å². The van der Waals surface area contributed by atoms with Gasteiger partial charge in [-0.05, 0) is 45.4 Å². The highest BCUT2D eigenvalue weighted by Gasteiger charge is 2.39. The van der Waals surface area contributed by atoms with Gasteiger partial charge in [-0.1, -0.05) is 146 Å². The van der Waals surface area contributed by atoms with Crippen LogP contribution in [-0.4, -0.2) is 36.2 Å². The predicted molar refractivity (Wildman–Crippen MR) is 196 cm³/mol. The molecule has 5 aromatic carbocycles. The van der Waals surface area contributed by atoms with Crippen LogP contribution in [-0.2, 0) is 19.1 Å². The average molecular weight is 669 g/mol. The SMILES string of the molecule is CC[C@@H](NC(=O)OCC1c2ccccc2-c2ccccc21)C(=O)C[C@H](CSC(c1ccccc1)(c1ccccc1)c1ccccc1)C(N)=O. The van der Waals surface area contributed by atoms with Gasteiger partial charge in [-0.25, -0.2) is 4.79 Å². The molecule has 0 aromatic heterocycles. The topological polar surface area (TPSA) is 98.5 Å². The largest absolute Gasteiger partial charge is 0.449 e. The lowest BCUT2D eigenvalue weighted by Crippen LogP contribution is -2.43. The fourth-order valence-electron chi connectivity index (χ4n) is 6.81. The zero-order chi connectivity index (χ0) is 34.2. The summed E-state index contributed by atoms with van der Waals surface area (Å²) in [6, 6.07) is 45.9. The van der Waals surface area contributed by atoms with E-state index in [1.54, 1.807) is 11.8 Å². The van der Waals surface area contributed by atoms with Crippen LogP contribution in [0.4, 0.5) is 4.79 Å². The van der Waals surface area contributed by atoms with Gasteiger partial charge < -0.3 is 15.8 Å². The molecule has 3 N–H and O–H groups in total. The van der Waals surface area contributed by atoms with E-state index in [1.165, 1.54) is 0 Å². The van der Waals surface area contributed by atoms with Crippen molar-refractivity contribution in [1.82, 2.24) is 5.32 Å². The summed E-state index contributed by atoms with van der Waals surface area (Å²) >= 11 is 1.59. The molecule has 6 nitrogen and oxygen atoms in total. The van der Waals surface area contributed by atoms with Gasteiger partial charge in [0.2, 0.25) is 5.91 Å². The number of amides is 2. The van der Waals surface area contributed by atoms with Crippen LogP contribution in [0.25, 0.3) is 11.1 Å². The summed E-state index contributed by atoms with van der Waals surface area (Å²) in [5.74, 6) is -1.37. The number of nitrogens with one attached hydrogen (secondary N) is 1. The summed E-state index contributed by atoms with van der Waals surface area (Å²) < 4.78 is 5.05. The molecule has 0 heterocycles. The molecule has 1 aliphatic rings. The van der Waals surface area contributed by atoms with E-state index < -0.39 is 28.7 Å². The van der Waals surface area contributed by atoms with Gasteiger partial charge in [0, 0.05) is 18.1 Å². The molecule has 0 bridgehead atoms. The third kappa shape index (κ3) is 7.18. The fraction of sp³-hybridized carbons (Fsp3) is 0.214. The third-order valence-corrected chi connectivity index (χ3v) is 11.0. The highest BCUT2D eigenvalue weighted by Crippen LogP contribution is 2.49. The van der Waals surface area contributed by atoms with Crippen molar-refractivity contribution in [1.29, 1.82) is 0 Å². The van der Waals surface area contributed by atoms with Crippen molar-refractivity contribution in [2.24, 2.45) is 11.7 Å². The number of thioether (sulfide) groups is 1. The van der Waals surface area contributed by atoms with Crippen molar-refractivity contribution in [2.45, 2.75) is 36.5 Å². The summed E-state index contributed by atoms with van der Waals surface area (Å²) in [7, 11) is 0. The highest BCUT2D eigenvalue weighted by molar-refractivity contribution is 8.00. The smallest absolute Gasteiger partial charge is 0.407 e. The molecule has 49 heavy (non-hydrogen) atoms. The minimum absolute atomic E-state index is 0.0932. The molecule has 6 rings (SSSR count). The van der Waals surface area contributed by atoms with Crippen molar-refractivity contribution >= 4 is 29.5 Å². The van der Waals surface area contributed by atoms with Gasteiger partial charge in [-0.15, -0.1) is 11.8 Å². The van der Waals surface area contributed by atoms with Gasteiger partial charge in [0.1, 0.15) is 6.61 Å². The van der Waals surface area contributed by atoms with E-state index in [2.05, 4.69) is 66.0 Å². The number of fused-ring (bicyclic) bond motifs is 3. The molecule has 0 radical (unpaired) electrons. The van der Waals surface area contributed by atoms with Gasteiger partial charge in [-0.3, -0.25) is 9.59 Å². The molecule has 0 unspecified atom stereocenters. The average Bonchev–Trinajstić information content (AvgIpc) is 3.47. The van der Waals surface area contributed by atoms with E-state index in [-0.39, 0.29) is 24.7 Å². The zero-order valence-electron chi connectivity index (χ0n) is 27.5. The summed E-state index contributed by atoms with van der Waals surface area (Å²) in [5, 5.41) is 2.76. The second-order valence-corrected chi connectivity index (χ2v) is 13.5.